The van der Waals surface area contributed by atoms with Gasteiger partial charge in [-0.15, -0.1) is 0 Å². The number of carbonyl (C=O) groups excluding carboxylic acids is 1. The first kappa shape index (κ1) is 14.6. The standard InChI is InChI=1S/C16H28N2O/c1-4-16(19)18-11-6-8-15(18)14-7-5-10-17(14)12-9-13(2)3/h9,14-15H,4-8,10-12H2,1-3H3/t14-,15+/m0/s1. The lowest BCUT2D eigenvalue weighted by molar-refractivity contribution is -0.132. The molecule has 0 radical (unpaired) electrons. The topological polar surface area (TPSA) is 23.6 Å². The molecule has 3 nitrogen and oxygen atoms in total. The maximum atomic E-state index is 12.0. The summed E-state index contributed by atoms with van der Waals surface area (Å²) in [4.78, 5) is 16.8. The molecule has 2 fully saturated rings. The van der Waals surface area contributed by atoms with E-state index >= 15 is 0 Å². The molecule has 2 aliphatic heterocycles. The number of rotatable bonds is 4. The van der Waals surface area contributed by atoms with E-state index in [2.05, 4.69) is 29.7 Å². The second-order valence-corrected chi connectivity index (χ2v) is 6.14. The summed E-state index contributed by atoms with van der Waals surface area (Å²) in [6, 6.07) is 1.06. The number of amides is 1. The second-order valence-electron chi connectivity index (χ2n) is 6.14. The second kappa shape index (κ2) is 6.56. The molecule has 0 aromatic rings. The lowest BCUT2D eigenvalue weighted by Gasteiger charge is -2.34. The van der Waals surface area contributed by atoms with Crippen LogP contribution in [0.4, 0.5) is 0 Å². The van der Waals surface area contributed by atoms with Gasteiger partial charge in [-0.1, -0.05) is 18.6 Å². The van der Waals surface area contributed by atoms with Crippen molar-refractivity contribution in [3.8, 4) is 0 Å². The van der Waals surface area contributed by atoms with Gasteiger partial charge in [-0.2, -0.15) is 0 Å². The van der Waals surface area contributed by atoms with Crippen molar-refractivity contribution in [1.29, 1.82) is 0 Å². The molecule has 0 saturated carbocycles. The van der Waals surface area contributed by atoms with Crippen molar-refractivity contribution in [3.05, 3.63) is 11.6 Å². The van der Waals surface area contributed by atoms with E-state index in [1.165, 1.54) is 37.8 Å². The highest BCUT2D eigenvalue weighted by atomic mass is 16.2. The van der Waals surface area contributed by atoms with Crippen molar-refractivity contribution in [2.75, 3.05) is 19.6 Å². The Hall–Kier alpha value is -0.830. The van der Waals surface area contributed by atoms with E-state index < -0.39 is 0 Å². The minimum Gasteiger partial charge on any atom is -0.338 e. The van der Waals surface area contributed by atoms with E-state index in [-0.39, 0.29) is 0 Å². The number of carbonyl (C=O) groups is 1. The van der Waals surface area contributed by atoms with E-state index in [9.17, 15) is 4.79 Å². The zero-order chi connectivity index (χ0) is 13.8. The quantitative estimate of drug-likeness (QED) is 0.729. The van der Waals surface area contributed by atoms with Crippen LogP contribution in [0, 0.1) is 0 Å². The Kier molecular flexibility index (Phi) is 5.03. The molecule has 2 saturated heterocycles. The van der Waals surface area contributed by atoms with Gasteiger partial charge in [-0.25, -0.2) is 0 Å². The largest absolute Gasteiger partial charge is 0.338 e. The molecule has 2 atom stereocenters. The molecular formula is C16H28N2O. The van der Waals surface area contributed by atoms with Gasteiger partial charge in [0.15, 0.2) is 0 Å². The molecule has 0 unspecified atom stereocenters. The molecule has 108 valence electrons. The predicted molar refractivity (Wildman–Crippen MR) is 79.1 cm³/mol. The molecule has 2 heterocycles. The number of likely N-dealkylation sites (tertiary alicyclic amines) is 2. The highest BCUT2D eigenvalue weighted by Crippen LogP contribution is 2.30. The average molecular weight is 264 g/mol. The first-order valence-corrected chi connectivity index (χ1v) is 7.80. The zero-order valence-corrected chi connectivity index (χ0v) is 12.7. The first-order chi connectivity index (χ1) is 9.13. The summed E-state index contributed by atoms with van der Waals surface area (Å²) in [6.45, 7) is 9.52. The van der Waals surface area contributed by atoms with Crippen LogP contribution < -0.4 is 0 Å². The van der Waals surface area contributed by atoms with E-state index in [4.69, 9.17) is 0 Å². The summed E-state index contributed by atoms with van der Waals surface area (Å²) in [6.07, 6.45) is 7.89. The Balaban J connectivity index is 2.02. The van der Waals surface area contributed by atoms with Crippen LogP contribution in [0.2, 0.25) is 0 Å². The molecule has 0 bridgehead atoms. The maximum Gasteiger partial charge on any atom is 0.222 e. The van der Waals surface area contributed by atoms with Crippen molar-refractivity contribution in [2.24, 2.45) is 0 Å². The van der Waals surface area contributed by atoms with Crippen LogP contribution in [0.25, 0.3) is 0 Å². The van der Waals surface area contributed by atoms with Crippen LogP contribution in [-0.2, 0) is 4.79 Å². The number of hydrogen-bond acceptors (Lipinski definition) is 2. The molecule has 3 heteroatoms. The predicted octanol–water partition coefficient (Wildman–Crippen LogP) is 2.82. The average Bonchev–Trinajstić information content (AvgIpc) is 3.03. The third-order valence-corrected chi connectivity index (χ3v) is 4.51. The summed E-state index contributed by atoms with van der Waals surface area (Å²) < 4.78 is 0. The van der Waals surface area contributed by atoms with E-state index in [1.807, 2.05) is 6.92 Å². The Labute approximate surface area is 117 Å². The minimum atomic E-state index is 0.344. The van der Waals surface area contributed by atoms with Crippen molar-refractivity contribution in [2.45, 2.75) is 65.0 Å². The molecule has 0 N–H and O–H groups in total. The molecule has 2 rings (SSSR count). The molecule has 0 aliphatic carbocycles. The SMILES string of the molecule is CCC(=O)N1CCC[C@@H]1[C@@H]1CCCN1CC=C(C)C. The Morgan fingerprint density at radius 1 is 1.16 bits per heavy atom. The van der Waals surface area contributed by atoms with Crippen LogP contribution in [0.15, 0.2) is 11.6 Å². The van der Waals surface area contributed by atoms with Gasteiger partial charge in [-0.05, 0) is 46.1 Å². The summed E-state index contributed by atoms with van der Waals surface area (Å²) in [5.41, 5.74) is 1.39. The van der Waals surface area contributed by atoms with Gasteiger partial charge in [-0.3, -0.25) is 9.69 Å². The third kappa shape index (κ3) is 3.38. The van der Waals surface area contributed by atoms with Crippen molar-refractivity contribution < 1.29 is 4.79 Å². The number of hydrogen-bond donors (Lipinski definition) is 0. The molecule has 1 amide bonds. The minimum absolute atomic E-state index is 0.344. The molecule has 0 aromatic carbocycles. The molecule has 2 aliphatic rings. The van der Waals surface area contributed by atoms with Crippen molar-refractivity contribution >= 4 is 5.91 Å². The molecule has 19 heavy (non-hydrogen) atoms. The van der Waals surface area contributed by atoms with Crippen molar-refractivity contribution in [3.63, 3.8) is 0 Å². The monoisotopic (exact) mass is 264 g/mol. The van der Waals surface area contributed by atoms with E-state index in [0.717, 1.165) is 13.1 Å². The Bertz CT molecular complexity index is 347. The fourth-order valence-corrected chi connectivity index (χ4v) is 3.52. The summed E-state index contributed by atoms with van der Waals surface area (Å²) in [7, 11) is 0. The van der Waals surface area contributed by atoms with Crippen LogP contribution in [0.1, 0.15) is 52.9 Å². The van der Waals surface area contributed by atoms with Crippen LogP contribution in [-0.4, -0.2) is 47.4 Å². The summed E-state index contributed by atoms with van der Waals surface area (Å²) in [5, 5.41) is 0. The van der Waals surface area contributed by atoms with Gasteiger partial charge < -0.3 is 4.90 Å². The highest BCUT2D eigenvalue weighted by Gasteiger charge is 2.38. The van der Waals surface area contributed by atoms with Crippen LogP contribution in [0.3, 0.4) is 0 Å². The van der Waals surface area contributed by atoms with Crippen LogP contribution >= 0.6 is 0 Å². The maximum absolute atomic E-state index is 12.0. The normalized spacial score (nSPS) is 27.8. The lowest BCUT2D eigenvalue weighted by Crippen LogP contribution is -2.48. The lowest BCUT2D eigenvalue weighted by atomic mass is 10.0. The fraction of sp³-hybridized carbons (Fsp3) is 0.812. The van der Waals surface area contributed by atoms with Gasteiger partial charge in [0, 0.05) is 31.6 Å². The number of nitrogens with zero attached hydrogens (tertiary/aromatic N) is 2. The van der Waals surface area contributed by atoms with Gasteiger partial charge >= 0.3 is 0 Å². The molecule has 0 aromatic heterocycles. The third-order valence-electron chi connectivity index (χ3n) is 4.51. The summed E-state index contributed by atoms with van der Waals surface area (Å²) in [5.74, 6) is 0.344. The smallest absolute Gasteiger partial charge is 0.222 e. The zero-order valence-electron chi connectivity index (χ0n) is 12.7. The fourth-order valence-electron chi connectivity index (χ4n) is 3.52. The van der Waals surface area contributed by atoms with Gasteiger partial charge in [0.1, 0.15) is 0 Å². The number of allylic oxidation sites excluding steroid dienone is 1. The van der Waals surface area contributed by atoms with E-state index in [1.54, 1.807) is 0 Å². The Morgan fingerprint density at radius 3 is 2.53 bits per heavy atom. The van der Waals surface area contributed by atoms with E-state index in [0.29, 0.717) is 24.4 Å². The van der Waals surface area contributed by atoms with Crippen LogP contribution in [0.5, 0.6) is 0 Å². The van der Waals surface area contributed by atoms with Gasteiger partial charge in [0.2, 0.25) is 5.91 Å². The Morgan fingerprint density at radius 2 is 1.84 bits per heavy atom. The van der Waals surface area contributed by atoms with Gasteiger partial charge in [0.05, 0.1) is 0 Å². The molecular weight excluding hydrogens is 236 g/mol. The highest BCUT2D eigenvalue weighted by molar-refractivity contribution is 5.76. The molecule has 0 spiro atoms. The van der Waals surface area contributed by atoms with Crippen molar-refractivity contribution in [1.82, 2.24) is 9.80 Å². The van der Waals surface area contributed by atoms with Gasteiger partial charge in [0.25, 0.3) is 0 Å². The first-order valence-electron chi connectivity index (χ1n) is 7.80. The summed E-state index contributed by atoms with van der Waals surface area (Å²) >= 11 is 0.